The summed E-state index contributed by atoms with van der Waals surface area (Å²) in [6.07, 6.45) is 2.55. The van der Waals surface area contributed by atoms with Crippen molar-refractivity contribution in [2.24, 2.45) is 0 Å². The van der Waals surface area contributed by atoms with Gasteiger partial charge in [-0.2, -0.15) is 0 Å². The van der Waals surface area contributed by atoms with Crippen molar-refractivity contribution in [1.82, 2.24) is 9.80 Å². The van der Waals surface area contributed by atoms with Crippen LogP contribution in [0.15, 0.2) is 24.3 Å². The Balaban J connectivity index is 1.69. The van der Waals surface area contributed by atoms with Crippen molar-refractivity contribution < 1.29 is 9.53 Å². The van der Waals surface area contributed by atoms with Gasteiger partial charge in [0.2, 0.25) is 0 Å². The largest absolute Gasteiger partial charge is 0.484 e. The molecule has 0 saturated carbocycles. The highest BCUT2D eigenvalue weighted by atomic mass is 16.5. The van der Waals surface area contributed by atoms with Gasteiger partial charge in [0.05, 0.1) is 0 Å². The van der Waals surface area contributed by atoms with E-state index in [0.717, 1.165) is 26.2 Å². The first-order valence-corrected chi connectivity index (χ1v) is 7.10. The molecular formula is C15H23N3O2. The summed E-state index contributed by atoms with van der Waals surface area (Å²) in [4.78, 5) is 16.1. The normalized spacial score (nSPS) is 15.2. The highest BCUT2D eigenvalue weighted by molar-refractivity contribution is 5.77. The molecule has 0 atom stereocenters. The van der Waals surface area contributed by atoms with E-state index in [9.17, 15) is 4.79 Å². The van der Waals surface area contributed by atoms with Crippen LogP contribution in [0.1, 0.15) is 12.8 Å². The second-order valence-corrected chi connectivity index (χ2v) is 5.22. The number of benzene rings is 1. The molecule has 0 aromatic heterocycles. The van der Waals surface area contributed by atoms with Crippen LogP contribution in [0, 0.1) is 0 Å². The van der Waals surface area contributed by atoms with E-state index in [1.54, 1.807) is 29.2 Å². The van der Waals surface area contributed by atoms with Crippen molar-refractivity contribution in [2.45, 2.75) is 12.8 Å². The highest BCUT2D eigenvalue weighted by Crippen LogP contribution is 2.13. The molecule has 110 valence electrons. The fourth-order valence-corrected chi connectivity index (χ4v) is 2.24. The van der Waals surface area contributed by atoms with Crippen LogP contribution in [0.25, 0.3) is 0 Å². The minimum atomic E-state index is 0.000946. The number of ether oxygens (including phenoxy) is 1. The zero-order valence-electron chi connectivity index (χ0n) is 12.0. The number of likely N-dealkylation sites (tertiary alicyclic amines) is 1. The Hall–Kier alpha value is -1.75. The summed E-state index contributed by atoms with van der Waals surface area (Å²) in [7, 11) is 1.82. The van der Waals surface area contributed by atoms with E-state index in [4.69, 9.17) is 10.5 Å². The molecule has 1 saturated heterocycles. The van der Waals surface area contributed by atoms with Crippen molar-refractivity contribution in [2.75, 3.05) is 45.6 Å². The number of carbonyl (C=O) groups is 1. The van der Waals surface area contributed by atoms with E-state index in [0.29, 0.717) is 11.4 Å². The number of hydrogen-bond acceptors (Lipinski definition) is 4. The molecule has 20 heavy (non-hydrogen) atoms. The van der Waals surface area contributed by atoms with Crippen LogP contribution in [-0.2, 0) is 4.79 Å². The maximum absolute atomic E-state index is 11.9. The summed E-state index contributed by atoms with van der Waals surface area (Å²) in [5.74, 6) is 0.668. The molecule has 1 amide bonds. The van der Waals surface area contributed by atoms with Gasteiger partial charge in [-0.25, -0.2) is 0 Å². The molecule has 0 spiro atoms. The molecule has 1 aromatic rings. The molecule has 1 aromatic carbocycles. The van der Waals surface area contributed by atoms with E-state index in [-0.39, 0.29) is 12.5 Å². The van der Waals surface area contributed by atoms with Crippen molar-refractivity contribution in [1.29, 1.82) is 0 Å². The van der Waals surface area contributed by atoms with Gasteiger partial charge in [-0.3, -0.25) is 4.79 Å². The number of hydrogen-bond donors (Lipinski definition) is 1. The quantitative estimate of drug-likeness (QED) is 0.794. The average Bonchev–Trinajstić information content (AvgIpc) is 2.97. The molecule has 0 bridgehead atoms. The number of rotatable bonds is 6. The number of nitrogens with two attached hydrogens (primary N) is 1. The highest BCUT2D eigenvalue weighted by Gasteiger charge is 2.14. The molecule has 1 fully saturated rings. The summed E-state index contributed by atoms with van der Waals surface area (Å²) in [6.45, 7) is 4.09. The van der Waals surface area contributed by atoms with E-state index < -0.39 is 0 Å². The second-order valence-electron chi connectivity index (χ2n) is 5.22. The maximum atomic E-state index is 11.9. The smallest absolute Gasteiger partial charge is 0.260 e. The van der Waals surface area contributed by atoms with Crippen molar-refractivity contribution in [3.05, 3.63) is 24.3 Å². The zero-order valence-corrected chi connectivity index (χ0v) is 12.0. The first kappa shape index (κ1) is 14.7. The van der Waals surface area contributed by atoms with E-state index in [2.05, 4.69) is 4.90 Å². The van der Waals surface area contributed by atoms with E-state index in [1.807, 2.05) is 7.05 Å². The minimum Gasteiger partial charge on any atom is -0.484 e. The van der Waals surface area contributed by atoms with E-state index >= 15 is 0 Å². The standard InChI is InChI=1S/C15H23N3O2/c1-17(10-11-18-8-2-3-9-18)15(19)12-20-14-6-4-13(16)5-7-14/h4-7H,2-3,8-12,16H2,1H3. The van der Waals surface area contributed by atoms with Crippen LogP contribution in [0.4, 0.5) is 5.69 Å². The molecule has 5 nitrogen and oxygen atoms in total. The maximum Gasteiger partial charge on any atom is 0.260 e. The van der Waals surface area contributed by atoms with Crippen LogP contribution in [0.2, 0.25) is 0 Å². The molecular weight excluding hydrogens is 254 g/mol. The lowest BCUT2D eigenvalue weighted by Crippen LogP contribution is -2.37. The molecule has 5 heteroatoms. The SMILES string of the molecule is CN(CCN1CCCC1)C(=O)COc1ccc(N)cc1. The first-order valence-electron chi connectivity index (χ1n) is 7.10. The van der Waals surface area contributed by atoms with Gasteiger partial charge in [0.25, 0.3) is 5.91 Å². The molecule has 0 aliphatic carbocycles. The molecule has 2 rings (SSSR count). The van der Waals surface area contributed by atoms with Crippen LogP contribution in [-0.4, -0.2) is 55.5 Å². The van der Waals surface area contributed by atoms with Crippen LogP contribution >= 0.6 is 0 Å². The zero-order chi connectivity index (χ0) is 14.4. The van der Waals surface area contributed by atoms with Gasteiger partial charge in [-0.05, 0) is 50.2 Å². The summed E-state index contributed by atoms with van der Waals surface area (Å²) in [5.41, 5.74) is 6.28. The lowest BCUT2D eigenvalue weighted by Gasteiger charge is -2.21. The molecule has 0 unspecified atom stereocenters. The fourth-order valence-electron chi connectivity index (χ4n) is 2.24. The fraction of sp³-hybridized carbons (Fsp3) is 0.533. The number of amides is 1. The average molecular weight is 277 g/mol. The molecule has 1 heterocycles. The Morgan fingerprint density at radius 3 is 2.60 bits per heavy atom. The summed E-state index contributed by atoms with van der Waals surface area (Å²) in [5, 5.41) is 0. The first-order chi connectivity index (χ1) is 9.65. The third-order valence-electron chi connectivity index (χ3n) is 3.62. The Morgan fingerprint density at radius 1 is 1.30 bits per heavy atom. The van der Waals surface area contributed by atoms with Gasteiger partial charge in [0.1, 0.15) is 5.75 Å². The van der Waals surface area contributed by atoms with Crippen LogP contribution < -0.4 is 10.5 Å². The third-order valence-corrected chi connectivity index (χ3v) is 3.62. The molecule has 1 aliphatic heterocycles. The van der Waals surface area contributed by atoms with Gasteiger partial charge in [0, 0.05) is 25.8 Å². The summed E-state index contributed by atoms with van der Waals surface area (Å²) < 4.78 is 5.46. The number of nitrogens with zero attached hydrogens (tertiary/aromatic N) is 2. The van der Waals surface area contributed by atoms with Gasteiger partial charge >= 0.3 is 0 Å². The molecule has 2 N–H and O–H groups in total. The monoisotopic (exact) mass is 277 g/mol. The molecule has 1 aliphatic rings. The number of carbonyl (C=O) groups excluding carboxylic acids is 1. The van der Waals surface area contributed by atoms with Crippen LogP contribution in [0.5, 0.6) is 5.75 Å². The third kappa shape index (κ3) is 4.42. The summed E-state index contributed by atoms with van der Waals surface area (Å²) >= 11 is 0. The van der Waals surface area contributed by atoms with Crippen molar-refractivity contribution in [3.63, 3.8) is 0 Å². The lowest BCUT2D eigenvalue weighted by molar-refractivity contribution is -0.132. The predicted octanol–water partition coefficient (Wildman–Crippen LogP) is 1.20. The van der Waals surface area contributed by atoms with E-state index in [1.165, 1.54) is 12.8 Å². The Kier molecular flexibility index (Phi) is 5.24. The van der Waals surface area contributed by atoms with Gasteiger partial charge in [-0.1, -0.05) is 0 Å². The van der Waals surface area contributed by atoms with Gasteiger partial charge in [-0.15, -0.1) is 0 Å². The van der Waals surface area contributed by atoms with Gasteiger partial charge in [0.15, 0.2) is 6.61 Å². The molecule has 0 radical (unpaired) electrons. The predicted molar refractivity (Wildman–Crippen MR) is 79.7 cm³/mol. The minimum absolute atomic E-state index is 0.000946. The number of nitrogen functional groups attached to an aromatic ring is 1. The Labute approximate surface area is 120 Å². The van der Waals surface area contributed by atoms with Crippen molar-refractivity contribution >= 4 is 11.6 Å². The van der Waals surface area contributed by atoms with Crippen molar-refractivity contribution in [3.8, 4) is 5.75 Å². The van der Waals surface area contributed by atoms with Gasteiger partial charge < -0.3 is 20.3 Å². The Morgan fingerprint density at radius 2 is 1.95 bits per heavy atom. The summed E-state index contributed by atoms with van der Waals surface area (Å²) in [6, 6.07) is 7.06. The lowest BCUT2D eigenvalue weighted by atomic mass is 10.3. The second kappa shape index (κ2) is 7.14. The Bertz CT molecular complexity index is 427. The number of likely N-dealkylation sites (N-methyl/N-ethyl adjacent to an activating group) is 1. The topological polar surface area (TPSA) is 58.8 Å². The number of anilines is 1. The van der Waals surface area contributed by atoms with Crippen LogP contribution in [0.3, 0.4) is 0 Å².